The van der Waals surface area contributed by atoms with E-state index in [9.17, 15) is 9.90 Å². The normalized spacial score (nSPS) is 20.6. The summed E-state index contributed by atoms with van der Waals surface area (Å²) in [4.78, 5) is 10.6. The van der Waals surface area contributed by atoms with Gasteiger partial charge >= 0.3 is 5.97 Å². The maximum atomic E-state index is 10.6. The van der Waals surface area contributed by atoms with Crippen molar-refractivity contribution in [3.8, 4) is 0 Å². The Morgan fingerprint density at radius 1 is 1.14 bits per heavy atom. The van der Waals surface area contributed by atoms with Crippen LogP contribution >= 0.6 is 0 Å². The number of hydrogen-bond acceptors (Lipinski definition) is 2. The Balaban J connectivity index is 2.35. The Labute approximate surface area is 127 Å². The van der Waals surface area contributed by atoms with E-state index in [4.69, 9.17) is 5.11 Å². The van der Waals surface area contributed by atoms with Gasteiger partial charge in [-0.2, -0.15) is 0 Å². The fraction of sp³-hybridized carbons (Fsp3) is 0.611. The van der Waals surface area contributed by atoms with Gasteiger partial charge in [0.1, 0.15) is 0 Å². The van der Waals surface area contributed by atoms with Crippen molar-refractivity contribution < 1.29 is 15.0 Å². The Bertz CT molecular complexity index is 543. The summed E-state index contributed by atoms with van der Waals surface area (Å²) in [6.45, 7) is 9.02. The highest BCUT2D eigenvalue weighted by molar-refractivity contribution is 5.66. The zero-order valence-corrected chi connectivity index (χ0v) is 13.4. The van der Waals surface area contributed by atoms with Crippen LogP contribution in [0.15, 0.2) is 18.2 Å². The van der Waals surface area contributed by atoms with Crippen molar-refractivity contribution >= 4 is 5.97 Å². The predicted octanol–water partition coefficient (Wildman–Crippen LogP) is 3.93. The molecule has 1 aromatic carbocycles. The van der Waals surface area contributed by atoms with E-state index < -0.39 is 12.1 Å². The first-order valence-corrected chi connectivity index (χ1v) is 7.68. The maximum Gasteiger partial charge on any atom is 0.303 e. The van der Waals surface area contributed by atoms with Crippen LogP contribution in [0.25, 0.3) is 0 Å². The number of benzene rings is 1. The van der Waals surface area contributed by atoms with Crippen molar-refractivity contribution in [1.82, 2.24) is 0 Å². The third-order valence-electron chi connectivity index (χ3n) is 4.89. The molecule has 1 unspecified atom stereocenters. The first-order valence-electron chi connectivity index (χ1n) is 7.68. The average molecular weight is 290 g/mol. The largest absolute Gasteiger partial charge is 0.481 e. The van der Waals surface area contributed by atoms with Crippen molar-refractivity contribution in [1.29, 1.82) is 0 Å². The molecule has 116 valence electrons. The number of carboxylic acid groups (broad SMARTS) is 1. The van der Waals surface area contributed by atoms with Gasteiger partial charge in [0.05, 0.1) is 6.10 Å². The second-order valence-corrected chi connectivity index (χ2v) is 7.52. The number of aliphatic hydroxyl groups is 1. The van der Waals surface area contributed by atoms with Gasteiger partial charge in [0.25, 0.3) is 0 Å². The highest BCUT2D eigenvalue weighted by Crippen LogP contribution is 2.46. The molecule has 0 saturated carbocycles. The summed E-state index contributed by atoms with van der Waals surface area (Å²) >= 11 is 0. The SMILES string of the molecule is CC1(C)CCC(C)(C)c2cc(C(O)CCC(=O)O)ccc21. The molecule has 0 heterocycles. The molecule has 0 bridgehead atoms. The van der Waals surface area contributed by atoms with E-state index >= 15 is 0 Å². The van der Waals surface area contributed by atoms with E-state index in [1.165, 1.54) is 11.1 Å². The standard InChI is InChI=1S/C18H26O3/c1-17(2)9-10-18(3,4)14-11-12(5-6-13(14)17)15(19)7-8-16(20)21/h5-6,11,15,19H,7-10H2,1-4H3,(H,20,21). The van der Waals surface area contributed by atoms with Crippen LogP contribution in [0.3, 0.4) is 0 Å². The topological polar surface area (TPSA) is 57.5 Å². The lowest BCUT2D eigenvalue weighted by Gasteiger charge is -2.42. The molecule has 3 nitrogen and oxygen atoms in total. The number of fused-ring (bicyclic) bond motifs is 1. The number of aliphatic hydroxyl groups excluding tert-OH is 1. The van der Waals surface area contributed by atoms with Crippen LogP contribution in [0.1, 0.15) is 76.2 Å². The number of carboxylic acids is 1. The van der Waals surface area contributed by atoms with Gasteiger partial charge in [0.2, 0.25) is 0 Å². The van der Waals surface area contributed by atoms with E-state index in [1.54, 1.807) is 0 Å². The van der Waals surface area contributed by atoms with Gasteiger partial charge in [0.15, 0.2) is 0 Å². The van der Waals surface area contributed by atoms with Crippen LogP contribution in [0.2, 0.25) is 0 Å². The maximum absolute atomic E-state index is 10.6. The van der Waals surface area contributed by atoms with Gasteiger partial charge in [0, 0.05) is 6.42 Å². The first kappa shape index (κ1) is 16.0. The summed E-state index contributed by atoms with van der Waals surface area (Å²) < 4.78 is 0. The molecule has 2 N–H and O–H groups in total. The van der Waals surface area contributed by atoms with Crippen molar-refractivity contribution in [2.24, 2.45) is 0 Å². The number of rotatable bonds is 4. The highest BCUT2D eigenvalue weighted by atomic mass is 16.4. The molecule has 0 saturated heterocycles. The van der Waals surface area contributed by atoms with Crippen LogP contribution in [0, 0.1) is 0 Å². The van der Waals surface area contributed by atoms with Crippen LogP contribution < -0.4 is 0 Å². The smallest absolute Gasteiger partial charge is 0.303 e. The lowest BCUT2D eigenvalue weighted by molar-refractivity contribution is -0.137. The predicted molar refractivity (Wildman–Crippen MR) is 83.6 cm³/mol. The molecule has 0 aliphatic heterocycles. The summed E-state index contributed by atoms with van der Waals surface area (Å²) in [5, 5.41) is 18.9. The molecule has 3 heteroatoms. The highest BCUT2D eigenvalue weighted by Gasteiger charge is 2.37. The van der Waals surface area contributed by atoms with E-state index in [0.717, 1.165) is 18.4 Å². The Hall–Kier alpha value is -1.35. The molecule has 1 aliphatic rings. The van der Waals surface area contributed by atoms with Gasteiger partial charge in [-0.1, -0.05) is 45.9 Å². The van der Waals surface area contributed by atoms with Gasteiger partial charge < -0.3 is 10.2 Å². The Morgan fingerprint density at radius 3 is 2.29 bits per heavy atom. The van der Waals surface area contributed by atoms with E-state index in [-0.39, 0.29) is 23.7 Å². The molecule has 1 atom stereocenters. The Kier molecular flexibility index (Phi) is 4.16. The molecular weight excluding hydrogens is 264 g/mol. The second kappa shape index (κ2) is 5.45. The molecule has 1 aliphatic carbocycles. The third kappa shape index (κ3) is 3.29. The molecule has 0 amide bonds. The zero-order valence-electron chi connectivity index (χ0n) is 13.4. The monoisotopic (exact) mass is 290 g/mol. The van der Waals surface area contributed by atoms with Gasteiger partial charge in [-0.15, -0.1) is 0 Å². The number of hydrogen-bond donors (Lipinski definition) is 2. The van der Waals surface area contributed by atoms with Gasteiger partial charge in [-0.05, 0) is 46.8 Å². The molecule has 0 radical (unpaired) electrons. The lowest BCUT2D eigenvalue weighted by Crippen LogP contribution is -2.34. The average Bonchev–Trinajstić information content (AvgIpc) is 2.41. The van der Waals surface area contributed by atoms with Gasteiger partial charge in [-0.3, -0.25) is 4.79 Å². The van der Waals surface area contributed by atoms with E-state index in [0.29, 0.717) is 0 Å². The zero-order chi connectivity index (χ0) is 15.8. The second-order valence-electron chi connectivity index (χ2n) is 7.52. The van der Waals surface area contributed by atoms with Crippen LogP contribution in [0.5, 0.6) is 0 Å². The molecule has 21 heavy (non-hydrogen) atoms. The molecule has 2 rings (SSSR count). The fourth-order valence-electron chi connectivity index (χ4n) is 3.24. The quantitative estimate of drug-likeness (QED) is 0.883. The Morgan fingerprint density at radius 2 is 1.71 bits per heavy atom. The van der Waals surface area contributed by atoms with Crippen molar-refractivity contribution in [2.75, 3.05) is 0 Å². The molecular formula is C18H26O3. The minimum atomic E-state index is -0.867. The van der Waals surface area contributed by atoms with Crippen LogP contribution in [0.4, 0.5) is 0 Å². The summed E-state index contributed by atoms with van der Waals surface area (Å²) in [6.07, 6.45) is 1.84. The molecule has 1 aromatic rings. The first-order chi connectivity index (χ1) is 9.63. The van der Waals surface area contributed by atoms with Crippen LogP contribution in [-0.4, -0.2) is 16.2 Å². The number of aliphatic carboxylic acids is 1. The van der Waals surface area contributed by atoms with Crippen molar-refractivity contribution in [2.45, 2.75) is 70.3 Å². The van der Waals surface area contributed by atoms with E-state index in [1.807, 2.05) is 6.07 Å². The molecule has 0 spiro atoms. The third-order valence-corrected chi connectivity index (χ3v) is 4.89. The summed E-state index contributed by atoms with van der Waals surface area (Å²) in [7, 11) is 0. The lowest BCUT2D eigenvalue weighted by atomic mass is 9.63. The fourth-order valence-corrected chi connectivity index (χ4v) is 3.24. The van der Waals surface area contributed by atoms with Crippen LogP contribution in [-0.2, 0) is 15.6 Å². The minimum absolute atomic E-state index is 0.00681. The summed E-state index contributed by atoms with van der Waals surface area (Å²) in [5.74, 6) is -0.867. The molecule has 0 fully saturated rings. The number of carbonyl (C=O) groups is 1. The van der Waals surface area contributed by atoms with Crippen molar-refractivity contribution in [3.63, 3.8) is 0 Å². The minimum Gasteiger partial charge on any atom is -0.481 e. The summed E-state index contributed by atoms with van der Waals surface area (Å²) in [5.41, 5.74) is 3.75. The van der Waals surface area contributed by atoms with E-state index in [2.05, 4.69) is 39.8 Å². The van der Waals surface area contributed by atoms with Gasteiger partial charge in [-0.25, -0.2) is 0 Å². The summed E-state index contributed by atoms with van der Waals surface area (Å²) in [6, 6.07) is 6.16. The van der Waals surface area contributed by atoms with Crippen molar-refractivity contribution in [3.05, 3.63) is 34.9 Å². The molecule has 0 aromatic heterocycles.